The van der Waals surface area contributed by atoms with Gasteiger partial charge in [0.15, 0.2) is 0 Å². The van der Waals surface area contributed by atoms with E-state index in [0.717, 1.165) is 0 Å². The van der Waals surface area contributed by atoms with Gasteiger partial charge in [0, 0.05) is 33.8 Å². The number of hydrogen-bond donors (Lipinski definition) is 0. The Labute approximate surface area is 196 Å². The molecule has 0 atom stereocenters. The second-order valence-corrected chi connectivity index (χ2v) is 5.12. The summed E-state index contributed by atoms with van der Waals surface area (Å²) in [5.41, 5.74) is 0. The van der Waals surface area contributed by atoms with Crippen molar-refractivity contribution in [2.45, 2.75) is 48.5 Å². The summed E-state index contributed by atoms with van der Waals surface area (Å²) >= 11 is 0. The van der Waals surface area contributed by atoms with Crippen LogP contribution in [0.3, 0.4) is 0 Å². The summed E-state index contributed by atoms with van der Waals surface area (Å²) in [4.78, 5) is 51.3. The Bertz CT molecular complexity index is 586. The smallest absolute Gasteiger partial charge is 0.330 e. The molecule has 0 spiro atoms. The molecule has 0 fully saturated rings. The first kappa shape index (κ1) is 36.9. The molecule has 0 aromatic rings. The minimum absolute atomic E-state index is 0.105. The lowest BCUT2D eigenvalue weighted by molar-refractivity contribution is -0.141. The predicted molar refractivity (Wildman–Crippen MR) is 123 cm³/mol. The largest absolute Gasteiger partial charge is 0.463 e. The lowest BCUT2D eigenvalue weighted by Crippen LogP contribution is -2.01. The molecule has 0 N–H and O–H groups in total. The van der Waals surface area contributed by atoms with Gasteiger partial charge < -0.3 is 23.7 Å². The van der Waals surface area contributed by atoms with E-state index in [1.807, 2.05) is 13.8 Å². The predicted octanol–water partition coefficient (Wildman–Crippen LogP) is 3.10. The van der Waals surface area contributed by atoms with Crippen molar-refractivity contribution in [1.29, 1.82) is 0 Å². The standard InChI is InChI=1S/2C8H12O4.C5H8O2.C2H6/c1-7(9)11-5-3-4-6-12-8(2)10;1-3-11-8(10)5-4-6-12-7(2)9;1-3-4-7-5(2)6;1-2/h3-4H,5-6H2,1-2H3;4-5H,3,6H2,1-2H3;3H,1,4H2,2H3;1-2H3/b4-3-;5-4+;;. The molecule has 0 radical (unpaired) electrons. The number of carbonyl (C=O) groups is 5. The quantitative estimate of drug-likeness (QED) is 0.201. The first-order valence-corrected chi connectivity index (χ1v) is 10.2. The van der Waals surface area contributed by atoms with Crippen molar-refractivity contribution in [2.24, 2.45) is 0 Å². The van der Waals surface area contributed by atoms with Crippen LogP contribution in [-0.4, -0.2) is 62.9 Å². The van der Waals surface area contributed by atoms with Crippen molar-refractivity contribution in [3.8, 4) is 0 Å². The minimum atomic E-state index is -0.426. The zero-order valence-electron chi connectivity index (χ0n) is 20.7. The summed E-state index contributed by atoms with van der Waals surface area (Å²) in [6.45, 7) is 15.6. The third kappa shape index (κ3) is 52.7. The lowest BCUT2D eigenvalue weighted by Gasteiger charge is -1.96. The van der Waals surface area contributed by atoms with Gasteiger partial charge in [-0.3, -0.25) is 19.2 Å². The highest BCUT2D eigenvalue weighted by Gasteiger charge is 1.93. The Kier molecular flexibility index (Phi) is 34.4. The molecule has 0 aromatic heterocycles. The van der Waals surface area contributed by atoms with Gasteiger partial charge in [0.2, 0.25) is 0 Å². The SMILES string of the molecule is C=CCOC(C)=O.CC.CC(=O)OC/C=C\COC(C)=O.CCOC(=O)/C=C/COC(C)=O. The minimum Gasteiger partial charge on any atom is -0.463 e. The Hall–Kier alpha value is -3.43. The van der Waals surface area contributed by atoms with E-state index in [2.05, 4.69) is 30.3 Å². The van der Waals surface area contributed by atoms with E-state index in [4.69, 9.17) is 0 Å². The van der Waals surface area contributed by atoms with Gasteiger partial charge in [0.05, 0.1) is 6.61 Å². The monoisotopic (exact) mass is 474 g/mol. The zero-order chi connectivity index (χ0) is 26.5. The Balaban J connectivity index is -0.000000190. The maximum atomic E-state index is 10.6. The van der Waals surface area contributed by atoms with Gasteiger partial charge in [0.1, 0.15) is 26.4 Å². The van der Waals surface area contributed by atoms with Crippen LogP contribution >= 0.6 is 0 Å². The molecule has 0 unspecified atom stereocenters. The fraction of sp³-hybridized carbons (Fsp3) is 0.522. The second kappa shape index (κ2) is 30.8. The third-order valence-corrected chi connectivity index (χ3v) is 2.26. The first-order chi connectivity index (χ1) is 15.6. The van der Waals surface area contributed by atoms with E-state index < -0.39 is 5.97 Å². The van der Waals surface area contributed by atoms with Crippen molar-refractivity contribution < 1.29 is 47.7 Å². The fourth-order valence-electron chi connectivity index (χ4n) is 1.14. The number of carbonyl (C=O) groups excluding carboxylic acids is 5. The van der Waals surface area contributed by atoms with E-state index in [-0.39, 0.29) is 43.7 Å². The second-order valence-electron chi connectivity index (χ2n) is 5.12. The highest BCUT2D eigenvalue weighted by atomic mass is 16.5. The van der Waals surface area contributed by atoms with Crippen LogP contribution in [0.2, 0.25) is 0 Å². The van der Waals surface area contributed by atoms with Gasteiger partial charge in [-0.1, -0.05) is 26.5 Å². The van der Waals surface area contributed by atoms with E-state index in [1.54, 1.807) is 19.1 Å². The Morgan fingerprint density at radius 2 is 0.939 bits per heavy atom. The number of hydrogen-bond acceptors (Lipinski definition) is 10. The van der Waals surface area contributed by atoms with Gasteiger partial charge in [-0.05, 0) is 25.2 Å². The molecule has 0 saturated carbocycles. The first-order valence-electron chi connectivity index (χ1n) is 10.2. The molecule has 0 aliphatic carbocycles. The molecule has 0 aliphatic heterocycles. The van der Waals surface area contributed by atoms with Gasteiger partial charge in [-0.25, -0.2) is 4.79 Å². The highest BCUT2D eigenvalue weighted by molar-refractivity contribution is 5.81. The van der Waals surface area contributed by atoms with Crippen molar-refractivity contribution in [3.63, 3.8) is 0 Å². The van der Waals surface area contributed by atoms with Gasteiger partial charge in [-0.2, -0.15) is 0 Å². The molecule has 0 bridgehead atoms. The lowest BCUT2D eigenvalue weighted by atomic mass is 10.5. The normalized spacial score (nSPS) is 8.94. The van der Waals surface area contributed by atoms with Crippen LogP contribution < -0.4 is 0 Å². The fourth-order valence-corrected chi connectivity index (χ4v) is 1.14. The molecule has 190 valence electrons. The topological polar surface area (TPSA) is 132 Å². The van der Waals surface area contributed by atoms with E-state index in [9.17, 15) is 24.0 Å². The highest BCUT2D eigenvalue weighted by Crippen LogP contribution is 1.83. The number of rotatable bonds is 10. The van der Waals surface area contributed by atoms with Crippen molar-refractivity contribution in [3.05, 3.63) is 37.0 Å². The molecule has 0 amide bonds. The van der Waals surface area contributed by atoms with E-state index in [1.165, 1.54) is 45.9 Å². The average Bonchev–Trinajstić information content (AvgIpc) is 2.74. The Morgan fingerprint density at radius 1 is 0.606 bits per heavy atom. The maximum Gasteiger partial charge on any atom is 0.330 e. The van der Waals surface area contributed by atoms with Crippen LogP contribution in [0.15, 0.2) is 37.0 Å². The molecule has 0 rings (SSSR count). The summed E-state index contributed by atoms with van der Waals surface area (Å²) in [6.07, 6.45) is 7.42. The molecule has 33 heavy (non-hydrogen) atoms. The van der Waals surface area contributed by atoms with Crippen molar-refractivity contribution in [2.75, 3.05) is 33.0 Å². The van der Waals surface area contributed by atoms with Crippen LogP contribution in [0.25, 0.3) is 0 Å². The molecule has 0 heterocycles. The van der Waals surface area contributed by atoms with Gasteiger partial charge in [-0.15, -0.1) is 0 Å². The molecule has 10 nitrogen and oxygen atoms in total. The van der Waals surface area contributed by atoms with E-state index >= 15 is 0 Å². The van der Waals surface area contributed by atoms with E-state index in [0.29, 0.717) is 13.2 Å². The molecular weight excluding hydrogens is 436 g/mol. The van der Waals surface area contributed by atoms with Crippen molar-refractivity contribution >= 4 is 29.8 Å². The summed E-state index contributed by atoms with van der Waals surface area (Å²) in [6, 6.07) is 0. The maximum absolute atomic E-state index is 10.6. The Morgan fingerprint density at radius 3 is 1.21 bits per heavy atom. The van der Waals surface area contributed by atoms with Gasteiger partial charge >= 0.3 is 29.8 Å². The van der Waals surface area contributed by atoms with Crippen LogP contribution in [0.4, 0.5) is 0 Å². The zero-order valence-corrected chi connectivity index (χ0v) is 20.7. The van der Waals surface area contributed by atoms with Gasteiger partial charge in [0.25, 0.3) is 0 Å². The van der Waals surface area contributed by atoms with Crippen LogP contribution in [0, 0.1) is 0 Å². The van der Waals surface area contributed by atoms with Crippen LogP contribution in [0.5, 0.6) is 0 Å². The van der Waals surface area contributed by atoms with Crippen LogP contribution in [-0.2, 0) is 47.7 Å². The number of esters is 5. The summed E-state index contributed by atoms with van der Waals surface area (Å²) in [5.74, 6) is -1.72. The number of ether oxygens (including phenoxy) is 5. The molecule has 0 aromatic carbocycles. The van der Waals surface area contributed by atoms with Crippen LogP contribution in [0.1, 0.15) is 48.5 Å². The third-order valence-electron chi connectivity index (χ3n) is 2.26. The molecular formula is C23H38O10. The summed E-state index contributed by atoms with van der Waals surface area (Å²) in [5, 5.41) is 0. The molecule has 0 aliphatic rings. The molecule has 10 heteroatoms. The summed E-state index contributed by atoms with van der Waals surface area (Å²) in [7, 11) is 0. The molecule has 0 saturated heterocycles. The summed E-state index contributed by atoms with van der Waals surface area (Å²) < 4.78 is 22.7. The average molecular weight is 475 g/mol. The van der Waals surface area contributed by atoms with Crippen molar-refractivity contribution in [1.82, 2.24) is 0 Å².